The lowest BCUT2D eigenvalue weighted by molar-refractivity contribution is -0.169. The molecule has 0 aromatic rings. The van der Waals surface area contributed by atoms with Crippen molar-refractivity contribution in [2.45, 2.75) is 129 Å². The lowest BCUT2D eigenvalue weighted by Gasteiger charge is -2.59. The van der Waals surface area contributed by atoms with Gasteiger partial charge in [-0.05, 0) is 94.3 Å². The second kappa shape index (κ2) is 8.81. The molecule has 160 valence electrons. The Morgan fingerprint density at radius 2 is 1.29 bits per heavy atom. The van der Waals surface area contributed by atoms with Crippen LogP contribution >= 0.6 is 0 Å². The summed E-state index contributed by atoms with van der Waals surface area (Å²) < 4.78 is 0. The first-order chi connectivity index (χ1) is 13.6. The van der Waals surface area contributed by atoms with Crippen LogP contribution in [0.25, 0.3) is 0 Å². The molecule has 0 heterocycles. The van der Waals surface area contributed by atoms with Gasteiger partial charge in [0, 0.05) is 10.8 Å². The molecule has 2 spiro atoms. The van der Waals surface area contributed by atoms with Gasteiger partial charge >= 0.3 is 0 Å². The quantitative estimate of drug-likeness (QED) is 0.421. The first-order valence-corrected chi connectivity index (χ1v) is 13.2. The summed E-state index contributed by atoms with van der Waals surface area (Å²) in [6.07, 6.45) is 24.6. The van der Waals surface area contributed by atoms with Crippen molar-refractivity contribution in [1.82, 2.24) is 0 Å². The van der Waals surface area contributed by atoms with Gasteiger partial charge in [0.15, 0.2) is 0 Å². The Kier molecular flexibility index (Phi) is 6.58. The van der Waals surface area contributed by atoms with Gasteiger partial charge in [-0.2, -0.15) is 0 Å². The fraction of sp³-hybridized carbons (Fsp3) is 0.963. The molecule has 0 aromatic carbocycles. The van der Waals surface area contributed by atoms with Crippen LogP contribution in [0.5, 0.6) is 0 Å². The Bertz CT molecular complexity index is 510. The number of carbonyl (C=O) groups excluding carboxylic acids is 1. The zero-order chi connectivity index (χ0) is 19.6. The van der Waals surface area contributed by atoms with E-state index in [0.29, 0.717) is 0 Å². The number of unbranched alkanes of at least 4 members (excludes halogenated alkanes) is 2. The summed E-state index contributed by atoms with van der Waals surface area (Å²) in [6, 6.07) is 0. The van der Waals surface area contributed by atoms with Gasteiger partial charge in [-0.1, -0.05) is 58.8 Å². The molecule has 28 heavy (non-hydrogen) atoms. The van der Waals surface area contributed by atoms with Crippen molar-refractivity contribution in [2.24, 2.45) is 34.5 Å². The van der Waals surface area contributed by atoms with Crippen molar-refractivity contribution >= 4 is 5.78 Å². The monoisotopic (exact) mass is 386 g/mol. The smallest absolute Gasteiger partial charge is 0.145 e. The van der Waals surface area contributed by atoms with Gasteiger partial charge in [0.05, 0.1) is 0 Å². The molecule has 4 rings (SSSR count). The van der Waals surface area contributed by atoms with Gasteiger partial charge in [-0.3, -0.25) is 4.79 Å². The van der Waals surface area contributed by atoms with Crippen molar-refractivity contribution in [3.63, 3.8) is 0 Å². The molecule has 0 bridgehead atoms. The maximum Gasteiger partial charge on any atom is 0.145 e. The maximum atomic E-state index is 13.4. The Balaban J connectivity index is 1.21. The standard InChI is InChI=1S/C27H46O/c1-3-5-6-7-22-8-10-23(11-9-22)24-14-18-27(19-15-24)20-26(25(27)28)16-12-21(4-2)13-17-26/h21-24H,3-20H2,1-2H3/t21?,22?,23?,24-,26-,27-. The molecule has 0 aromatic heterocycles. The van der Waals surface area contributed by atoms with Crippen molar-refractivity contribution < 1.29 is 4.79 Å². The highest BCUT2D eigenvalue weighted by Gasteiger charge is 2.63. The molecule has 0 atom stereocenters. The van der Waals surface area contributed by atoms with E-state index in [1.807, 2.05) is 0 Å². The molecule has 0 radical (unpaired) electrons. The highest BCUT2D eigenvalue weighted by atomic mass is 16.1. The van der Waals surface area contributed by atoms with Crippen molar-refractivity contribution in [3.8, 4) is 0 Å². The predicted molar refractivity (Wildman–Crippen MR) is 118 cm³/mol. The topological polar surface area (TPSA) is 17.1 Å². The van der Waals surface area contributed by atoms with Crippen LogP contribution < -0.4 is 0 Å². The van der Waals surface area contributed by atoms with E-state index >= 15 is 0 Å². The van der Waals surface area contributed by atoms with Crippen LogP contribution in [0.4, 0.5) is 0 Å². The maximum absolute atomic E-state index is 13.4. The minimum Gasteiger partial charge on any atom is -0.298 e. The highest BCUT2D eigenvalue weighted by Crippen LogP contribution is 2.64. The molecule has 4 aliphatic rings. The second-order valence-corrected chi connectivity index (χ2v) is 11.5. The van der Waals surface area contributed by atoms with Crippen LogP contribution in [0, 0.1) is 34.5 Å². The van der Waals surface area contributed by atoms with E-state index in [9.17, 15) is 4.79 Å². The summed E-state index contributed by atoms with van der Waals surface area (Å²) in [5.74, 6) is 4.60. The van der Waals surface area contributed by atoms with E-state index in [4.69, 9.17) is 0 Å². The summed E-state index contributed by atoms with van der Waals surface area (Å²) in [5.41, 5.74) is 0.294. The van der Waals surface area contributed by atoms with Crippen LogP contribution in [0.2, 0.25) is 0 Å². The molecule has 4 aliphatic carbocycles. The molecule has 4 saturated carbocycles. The lowest BCUT2D eigenvalue weighted by atomic mass is 9.43. The summed E-state index contributed by atoms with van der Waals surface area (Å²) in [7, 11) is 0. The number of hydrogen-bond donors (Lipinski definition) is 0. The Morgan fingerprint density at radius 3 is 1.82 bits per heavy atom. The molecule has 1 heteroatoms. The van der Waals surface area contributed by atoms with Crippen molar-refractivity contribution in [3.05, 3.63) is 0 Å². The fourth-order valence-corrected chi connectivity index (χ4v) is 8.01. The first kappa shape index (κ1) is 20.9. The minimum atomic E-state index is 0.146. The number of carbonyl (C=O) groups is 1. The van der Waals surface area contributed by atoms with Gasteiger partial charge < -0.3 is 0 Å². The normalized spacial score (nSPS) is 44.0. The summed E-state index contributed by atoms with van der Waals surface area (Å²) in [6.45, 7) is 4.64. The van der Waals surface area contributed by atoms with E-state index in [1.54, 1.807) is 0 Å². The van der Waals surface area contributed by atoms with Gasteiger partial charge in [-0.25, -0.2) is 0 Å². The number of ketones is 1. The third-order valence-corrected chi connectivity index (χ3v) is 10.0. The van der Waals surface area contributed by atoms with Crippen molar-refractivity contribution in [1.29, 1.82) is 0 Å². The molecule has 1 nitrogen and oxygen atoms in total. The number of Topliss-reactive ketones (excluding diaryl/α,β-unsaturated/α-hetero) is 1. The molecule has 0 amide bonds. The van der Waals surface area contributed by atoms with Gasteiger partial charge in [0.25, 0.3) is 0 Å². The third kappa shape index (κ3) is 3.98. The zero-order valence-corrected chi connectivity index (χ0v) is 18.9. The van der Waals surface area contributed by atoms with Gasteiger partial charge in [-0.15, -0.1) is 0 Å². The molecule has 4 fully saturated rings. The van der Waals surface area contributed by atoms with E-state index in [2.05, 4.69) is 13.8 Å². The average Bonchev–Trinajstić information content (AvgIpc) is 2.75. The SMILES string of the molecule is CCCCCC1CCC([C@H]2CC[C@]3(CC2)C[C@@]2(CCC(CC)CC2)C3=O)CC1. The largest absolute Gasteiger partial charge is 0.298 e. The van der Waals surface area contributed by atoms with Crippen molar-refractivity contribution in [2.75, 3.05) is 0 Å². The molecule has 0 unspecified atom stereocenters. The van der Waals surface area contributed by atoms with Crippen LogP contribution in [0.15, 0.2) is 0 Å². The summed E-state index contributed by atoms with van der Waals surface area (Å²) >= 11 is 0. The molecular formula is C27H46O. The molecule has 0 N–H and O–H groups in total. The number of hydrogen-bond acceptors (Lipinski definition) is 1. The minimum absolute atomic E-state index is 0.146. The van der Waals surface area contributed by atoms with E-state index in [0.717, 1.165) is 29.5 Å². The van der Waals surface area contributed by atoms with Crippen LogP contribution in [-0.4, -0.2) is 5.78 Å². The Labute approximate surface area is 174 Å². The molecular weight excluding hydrogens is 340 g/mol. The molecule has 0 saturated heterocycles. The fourth-order valence-electron chi connectivity index (χ4n) is 8.01. The predicted octanol–water partition coefficient (Wildman–Crippen LogP) is 8.11. The van der Waals surface area contributed by atoms with Gasteiger partial charge in [0.2, 0.25) is 0 Å². The molecule has 0 aliphatic heterocycles. The second-order valence-electron chi connectivity index (χ2n) is 11.5. The van der Waals surface area contributed by atoms with E-state index < -0.39 is 0 Å². The summed E-state index contributed by atoms with van der Waals surface area (Å²) in [4.78, 5) is 13.4. The number of rotatable bonds is 6. The lowest BCUT2D eigenvalue weighted by Crippen LogP contribution is -2.59. The first-order valence-electron chi connectivity index (χ1n) is 13.2. The third-order valence-electron chi connectivity index (χ3n) is 10.0. The van der Waals surface area contributed by atoms with Crippen LogP contribution in [0.1, 0.15) is 129 Å². The highest BCUT2D eigenvalue weighted by molar-refractivity contribution is 5.96. The van der Waals surface area contributed by atoms with Crippen LogP contribution in [0.3, 0.4) is 0 Å². The Morgan fingerprint density at radius 1 is 0.714 bits per heavy atom. The van der Waals surface area contributed by atoms with E-state index in [-0.39, 0.29) is 10.8 Å². The summed E-state index contributed by atoms with van der Waals surface area (Å²) in [5, 5.41) is 0. The average molecular weight is 387 g/mol. The van der Waals surface area contributed by atoms with Crippen LogP contribution in [-0.2, 0) is 4.79 Å². The van der Waals surface area contributed by atoms with Gasteiger partial charge in [0.1, 0.15) is 5.78 Å². The van der Waals surface area contributed by atoms with E-state index in [1.165, 1.54) is 116 Å². The zero-order valence-electron chi connectivity index (χ0n) is 18.9. The Hall–Kier alpha value is -0.330.